The topological polar surface area (TPSA) is 0 Å². The van der Waals surface area contributed by atoms with Gasteiger partial charge in [-0.05, 0) is 16.2 Å². The molecule has 3 rings (SSSR count). The molecular formula is C20H18BP. The second-order valence-electron chi connectivity index (χ2n) is 5.09. The second-order valence-corrected chi connectivity index (χ2v) is 7.35. The summed E-state index contributed by atoms with van der Waals surface area (Å²) in [4.78, 5) is 0. The van der Waals surface area contributed by atoms with Gasteiger partial charge in [-0.25, -0.2) is 0 Å². The molecule has 22 heavy (non-hydrogen) atoms. The van der Waals surface area contributed by atoms with Crippen LogP contribution in [0.3, 0.4) is 0 Å². The van der Waals surface area contributed by atoms with Crippen molar-refractivity contribution in [3.8, 4) is 0 Å². The van der Waals surface area contributed by atoms with Crippen molar-refractivity contribution in [2.75, 3.05) is 0 Å². The van der Waals surface area contributed by atoms with E-state index in [2.05, 4.69) is 103 Å². The number of hydrogen-bond donors (Lipinski definition) is 0. The average molecular weight is 300 g/mol. The molecule has 2 heteroatoms. The first-order chi connectivity index (χ1) is 10.9. The van der Waals surface area contributed by atoms with E-state index in [1.54, 1.807) is 0 Å². The molecule has 3 aromatic rings. The lowest BCUT2D eigenvalue weighted by atomic mass is 10.1. The molecule has 106 valence electrons. The Balaban J connectivity index is 1.82. The third-order valence-electron chi connectivity index (χ3n) is 3.53. The molecule has 0 aromatic heterocycles. The Hall–Kier alpha value is -2.11. The predicted octanol–water partition coefficient (Wildman–Crippen LogP) is 4.14. The van der Waals surface area contributed by atoms with Crippen LogP contribution in [0.5, 0.6) is 0 Å². The SMILES string of the molecule is B(C=Cc1ccccc1)P(c1ccccc1)c1ccccc1. The summed E-state index contributed by atoms with van der Waals surface area (Å²) in [5.41, 5.74) is 1.26. The van der Waals surface area contributed by atoms with Crippen molar-refractivity contribution in [1.29, 1.82) is 0 Å². The van der Waals surface area contributed by atoms with Crippen LogP contribution in [0.15, 0.2) is 97.0 Å². The molecule has 0 N–H and O–H groups in total. The first-order valence-corrected chi connectivity index (χ1v) is 9.05. The fraction of sp³-hybridized carbons (Fsp3) is 0. The Morgan fingerprint density at radius 2 is 1.05 bits per heavy atom. The van der Waals surface area contributed by atoms with Gasteiger partial charge >= 0.3 is 0 Å². The monoisotopic (exact) mass is 300 g/mol. The van der Waals surface area contributed by atoms with E-state index in [0.717, 1.165) is 7.00 Å². The lowest BCUT2D eigenvalue weighted by molar-refractivity contribution is 1.66. The van der Waals surface area contributed by atoms with Gasteiger partial charge in [-0.2, -0.15) is 0 Å². The highest BCUT2D eigenvalue weighted by Gasteiger charge is 2.12. The highest BCUT2D eigenvalue weighted by Crippen LogP contribution is 2.31. The molecule has 0 aliphatic rings. The molecule has 0 fully saturated rings. The van der Waals surface area contributed by atoms with Crippen LogP contribution in [0.2, 0.25) is 0 Å². The Kier molecular flexibility index (Phi) is 5.24. The van der Waals surface area contributed by atoms with Crippen molar-refractivity contribution in [3.63, 3.8) is 0 Å². The van der Waals surface area contributed by atoms with Crippen LogP contribution >= 0.6 is 7.80 Å². The van der Waals surface area contributed by atoms with Crippen LogP contribution in [0, 0.1) is 0 Å². The summed E-state index contributed by atoms with van der Waals surface area (Å²) in [6.07, 6.45) is 2.22. The van der Waals surface area contributed by atoms with Crippen molar-refractivity contribution in [3.05, 3.63) is 103 Å². The summed E-state index contributed by atoms with van der Waals surface area (Å²) in [5.74, 6) is 2.31. The second kappa shape index (κ2) is 7.78. The Morgan fingerprint density at radius 1 is 0.591 bits per heavy atom. The summed E-state index contributed by atoms with van der Waals surface area (Å²) in [7, 11) is -0.334. The van der Waals surface area contributed by atoms with Crippen LogP contribution in [-0.4, -0.2) is 7.00 Å². The summed E-state index contributed by atoms with van der Waals surface area (Å²) >= 11 is 0. The van der Waals surface area contributed by atoms with E-state index >= 15 is 0 Å². The van der Waals surface area contributed by atoms with Crippen LogP contribution in [0.25, 0.3) is 6.08 Å². The third-order valence-corrected chi connectivity index (χ3v) is 5.95. The van der Waals surface area contributed by atoms with Gasteiger partial charge in [0.25, 0.3) is 0 Å². The van der Waals surface area contributed by atoms with Crippen molar-refractivity contribution in [2.45, 2.75) is 0 Å². The molecule has 0 spiro atoms. The molecule has 0 aliphatic heterocycles. The van der Waals surface area contributed by atoms with Gasteiger partial charge in [-0.1, -0.05) is 105 Å². The zero-order chi connectivity index (χ0) is 15.0. The predicted molar refractivity (Wildman–Crippen MR) is 102 cm³/mol. The lowest BCUT2D eigenvalue weighted by Crippen LogP contribution is -2.14. The largest absolute Gasteiger partial charge is 0.189 e. The van der Waals surface area contributed by atoms with Gasteiger partial charge < -0.3 is 0 Å². The fourth-order valence-corrected chi connectivity index (χ4v) is 4.53. The first-order valence-electron chi connectivity index (χ1n) is 7.53. The number of hydrogen-bond acceptors (Lipinski definition) is 0. The summed E-state index contributed by atoms with van der Waals surface area (Å²) in [5, 5.41) is 2.86. The molecule has 0 bridgehead atoms. The van der Waals surface area contributed by atoms with Gasteiger partial charge in [0.05, 0.1) is 0 Å². The maximum absolute atomic E-state index is 2.31. The quantitative estimate of drug-likeness (QED) is 0.491. The summed E-state index contributed by atoms with van der Waals surface area (Å²) in [6.45, 7) is 1.07. The van der Waals surface area contributed by atoms with E-state index in [0.29, 0.717) is 0 Å². The van der Waals surface area contributed by atoms with E-state index in [1.165, 1.54) is 16.2 Å². The average Bonchev–Trinajstić information content (AvgIpc) is 2.61. The molecule has 0 saturated heterocycles. The fourth-order valence-electron chi connectivity index (χ4n) is 2.43. The standard InChI is InChI=1S/C20H18BP/c1-4-10-18(11-5-1)16-17-21-22(19-12-6-2-7-13-19)20-14-8-3-9-15-20/h1-17,21H. The zero-order valence-electron chi connectivity index (χ0n) is 12.5. The number of rotatable bonds is 5. The Morgan fingerprint density at radius 3 is 1.55 bits per heavy atom. The Labute approximate surface area is 134 Å². The third kappa shape index (κ3) is 3.96. The zero-order valence-corrected chi connectivity index (χ0v) is 13.4. The van der Waals surface area contributed by atoms with E-state index in [1.807, 2.05) is 0 Å². The van der Waals surface area contributed by atoms with Crippen LogP contribution < -0.4 is 10.6 Å². The van der Waals surface area contributed by atoms with Crippen LogP contribution in [0.4, 0.5) is 0 Å². The smallest absolute Gasteiger partial charge is 0.112 e. The highest BCUT2D eigenvalue weighted by molar-refractivity contribution is 7.98. The summed E-state index contributed by atoms with van der Waals surface area (Å²) in [6, 6.07) is 32.2. The van der Waals surface area contributed by atoms with Crippen molar-refractivity contribution < 1.29 is 0 Å². The molecule has 0 heterocycles. The molecule has 3 aromatic carbocycles. The van der Waals surface area contributed by atoms with Gasteiger partial charge in [0, 0.05) is 0 Å². The van der Waals surface area contributed by atoms with E-state index in [9.17, 15) is 0 Å². The van der Waals surface area contributed by atoms with Gasteiger partial charge in [0.2, 0.25) is 0 Å². The molecular weight excluding hydrogens is 282 g/mol. The van der Waals surface area contributed by atoms with Crippen molar-refractivity contribution >= 4 is 31.5 Å². The highest BCUT2D eigenvalue weighted by atomic mass is 31.1. The summed E-state index contributed by atoms with van der Waals surface area (Å²) < 4.78 is 0. The molecule has 0 unspecified atom stereocenters. The minimum atomic E-state index is -0.334. The van der Waals surface area contributed by atoms with Gasteiger partial charge in [0.1, 0.15) is 0 Å². The minimum absolute atomic E-state index is 0.334. The first kappa shape index (κ1) is 14.8. The van der Waals surface area contributed by atoms with Gasteiger partial charge in [-0.15, -0.1) is 5.98 Å². The normalized spacial score (nSPS) is 11.0. The van der Waals surface area contributed by atoms with Gasteiger partial charge in [-0.3, -0.25) is 0 Å². The molecule has 0 saturated carbocycles. The lowest BCUT2D eigenvalue weighted by Gasteiger charge is -2.16. The maximum atomic E-state index is 2.31. The Bertz CT molecular complexity index is 669. The van der Waals surface area contributed by atoms with Crippen molar-refractivity contribution in [1.82, 2.24) is 0 Å². The molecule has 0 atom stereocenters. The van der Waals surface area contributed by atoms with Crippen molar-refractivity contribution in [2.24, 2.45) is 0 Å². The minimum Gasteiger partial charge on any atom is -0.112 e. The molecule has 0 nitrogen and oxygen atoms in total. The number of benzene rings is 3. The van der Waals surface area contributed by atoms with Gasteiger partial charge in [0.15, 0.2) is 7.00 Å². The van der Waals surface area contributed by atoms with Crippen LogP contribution in [-0.2, 0) is 0 Å². The van der Waals surface area contributed by atoms with E-state index < -0.39 is 0 Å². The van der Waals surface area contributed by atoms with E-state index in [-0.39, 0.29) is 7.80 Å². The molecule has 0 aliphatic carbocycles. The molecule has 0 amide bonds. The maximum Gasteiger partial charge on any atom is 0.189 e. The van der Waals surface area contributed by atoms with Crippen LogP contribution in [0.1, 0.15) is 5.56 Å². The van der Waals surface area contributed by atoms with E-state index in [4.69, 9.17) is 0 Å². The molecule has 0 radical (unpaired) electrons.